The molecule has 43 heavy (non-hydrogen) atoms. The second-order valence-electron chi connectivity index (χ2n) is 12.0. The number of aliphatic hydroxyl groups excluding tert-OH is 4. The van der Waals surface area contributed by atoms with Gasteiger partial charge >= 0.3 is 0 Å². The molecule has 3 fully saturated rings. The smallest absolute Gasteiger partial charge is 0.188 e. The zero-order valence-electron chi connectivity index (χ0n) is 26.0. The summed E-state index contributed by atoms with van der Waals surface area (Å²) in [5.74, 6) is 0. The van der Waals surface area contributed by atoms with Crippen LogP contribution in [0.1, 0.15) is 90.9 Å². The van der Waals surface area contributed by atoms with Crippen molar-refractivity contribution in [3.63, 3.8) is 0 Å². The van der Waals surface area contributed by atoms with Crippen molar-refractivity contribution in [2.45, 2.75) is 165 Å². The molecular weight excluding hydrogens is 564 g/mol. The third-order valence-corrected chi connectivity index (χ3v) is 8.44. The number of unbranched alkanes of at least 4 members (excludes halogenated alkanes) is 10. The van der Waals surface area contributed by atoms with E-state index in [1.807, 2.05) is 0 Å². The van der Waals surface area contributed by atoms with Gasteiger partial charge in [0.05, 0.1) is 25.3 Å². The highest BCUT2D eigenvalue weighted by atomic mass is 16.8. The number of rotatable bonds is 22. The number of ether oxygens (including phenoxy) is 7. The highest BCUT2D eigenvalue weighted by molar-refractivity contribution is 4.94. The van der Waals surface area contributed by atoms with Gasteiger partial charge in [-0.25, -0.2) is 0 Å². The lowest BCUT2D eigenvalue weighted by Gasteiger charge is -2.27. The average Bonchev–Trinajstić information content (AvgIpc) is 3.56. The minimum absolute atomic E-state index is 0.0766. The van der Waals surface area contributed by atoms with Crippen molar-refractivity contribution in [3.05, 3.63) is 0 Å². The van der Waals surface area contributed by atoms with Crippen LogP contribution in [0.5, 0.6) is 0 Å². The van der Waals surface area contributed by atoms with Crippen LogP contribution in [0.25, 0.3) is 0 Å². The molecule has 3 heterocycles. The molecular formula is C30H58N2O11. The zero-order chi connectivity index (χ0) is 31.2. The van der Waals surface area contributed by atoms with Gasteiger partial charge in [0, 0.05) is 13.2 Å². The number of hydrogen-bond donors (Lipinski definition) is 6. The summed E-state index contributed by atoms with van der Waals surface area (Å²) >= 11 is 0. The fourth-order valence-corrected chi connectivity index (χ4v) is 5.66. The van der Waals surface area contributed by atoms with Crippen molar-refractivity contribution in [2.24, 2.45) is 11.5 Å². The van der Waals surface area contributed by atoms with Crippen molar-refractivity contribution in [1.29, 1.82) is 0 Å². The molecule has 3 aliphatic heterocycles. The molecule has 3 aliphatic rings. The summed E-state index contributed by atoms with van der Waals surface area (Å²) in [5, 5.41) is 41.2. The molecule has 3 rings (SSSR count). The first-order chi connectivity index (χ1) is 20.8. The highest BCUT2D eigenvalue weighted by Gasteiger charge is 2.51. The highest BCUT2D eigenvalue weighted by Crippen LogP contribution is 2.32. The molecule has 12 atom stereocenters. The molecule has 0 radical (unpaired) electrons. The molecule has 254 valence electrons. The van der Waals surface area contributed by atoms with E-state index in [1.54, 1.807) is 0 Å². The van der Waals surface area contributed by atoms with E-state index in [9.17, 15) is 20.4 Å². The van der Waals surface area contributed by atoms with E-state index in [0.29, 0.717) is 13.2 Å². The molecule has 3 saturated heterocycles. The fourth-order valence-electron chi connectivity index (χ4n) is 5.66. The Bertz CT molecular complexity index is 740. The van der Waals surface area contributed by atoms with Crippen LogP contribution in [0.2, 0.25) is 0 Å². The van der Waals surface area contributed by atoms with Gasteiger partial charge in [-0.3, -0.25) is 0 Å². The maximum atomic E-state index is 11.1. The van der Waals surface area contributed by atoms with E-state index < -0.39 is 73.9 Å². The Morgan fingerprint density at radius 1 is 0.581 bits per heavy atom. The first-order valence-corrected chi connectivity index (χ1v) is 16.4. The molecule has 0 unspecified atom stereocenters. The predicted molar refractivity (Wildman–Crippen MR) is 157 cm³/mol. The Morgan fingerprint density at radius 3 is 1.70 bits per heavy atom. The van der Waals surface area contributed by atoms with Crippen LogP contribution < -0.4 is 11.5 Å². The molecule has 0 aromatic carbocycles. The third-order valence-electron chi connectivity index (χ3n) is 8.44. The van der Waals surface area contributed by atoms with Gasteiger partial charge in [0.15, 0.2) is 25.2 Å². The van der Waals surface area contributed by atoms with Crippen molar-refractivity contribution in [3.8, 4) is 0 Å². The van der Waals surface area contributed by atoms with Crippen LogP contribution in [-0.2, 0) is 33.2 Å². The van der Waals surface area contributed by atoms with Gasteiger partial charge in [-0.1, -0.05) is 78.1 Å². The van der Waals surface area contributed by atoms with Crippen molar-refractivity contribution in [2.75, 3.05) is 26.4 Å². The van der Waals surface area contributed by atoms with E-state index in [2.05, 4.69) is 13.8 Å². The monoisotopic (exact) mass is 622 g/mol. The molecule has 13 nitrogen and oxygen atoms in total. The summed E-state index contributed by atoms with van der Waals surface area (Å²) in [7, 11) is 0. The van der Waals surface area contributed by atoms with E-state index in [4.69, 9.17) is 44.6 Å². The molecule has 13 heteroatoms. The minimum atomic E-state index is -1.41. The van der Waals surface area contributed by atoms with Gasteiger partial charge in [-0.15, -0.1) is 0 Å². The van der Waals surface area contributed by atoms with Crippen molar-refractivity contribution < 1.29 is 53.6 Å². The summed E-state index contributed by atoms with van der Waals surface area (Å²) in [6, 6.07) is -1.72. The first-order valence-electron chi connectivity index (χ1n) is 16.4. The second-order valence-corrected chi connectivity index (χ2v) is 12.0. The summed E-state index contributed by atoms with van der Waals surface area (Å²) in [5.41, 5.74) is 12.1. The van der Waals surface area contributed by atoms with Crippen LogP contribution in [-0.4, -0.2) is 121 Å². The number of hydrogen-bond acceptors (Lipinski definition) is 13. The SMILES string of the molecule is CCCCCCCCO[C@H]1O[C@H](CO[C@@H]2[C@@H](OCCCCCCCC)O[C@H](CO)[C@H]2N)[C@@H](O[C@@H]2O[C@H](O)[C@@H](N)[C@@H]2O)[C@@H]1O. The predicted octanol–water partition coefficient (Wildman–Crippen LogP) is 1.00. The van der Waals surface area contributed by atoms with Crippen LogP contribution in [0.3, 0.4) is 0 Å². The van der Waals surface area contributed by atoms with Gasteiger partial charge < -0.3 is 65.1 Å². The van der Waals surface area contributed by atoms with E-state index in [1.165, 1.54) is 38.5 Å². The standard InChI is InChI=1S/C30H58N2O11/c1-3-5-7-9-11-13-15-37-28-24(35)25(42-29-23(34)22(32)27(36)43-29)20(41-28)18-39-26-21(31)19(17-33)40-30(26)38-16-14-12-10-8-6-4-2/h19-30,33-36H,3-18,31-32H2,1-2H3/t19-,20-,21-,22+,23+,24+,25-,26+,27+,28+,29-,30+/m1/s1. The molecule has 0 saturated carbocycles. The molecule has 0 aliphatic carbocycles. The molecule has 0 aromatic heterocycles. The Balaban J connectivity index is 1.57. The lowest BCUT2D eigenvalue weighted by Crippen LogP contribution is -2.47. The molecule has 0 spiro atoms. The molecule has 0 aromatic rings. The summed E-state index contributed by atoms with van der Waals surface area (Å²) in [6.07, 6.45) is 2.98. The van der Waals surface area contributed by atoms with E-state index >= 15 is 0 Å². The summed E-state index contributed by atoms with van der Waals surface area (Å²) in [4.78, 5) is 0. The van der Waals surface area contributed by atoms with E-state index in [-0.39, 0.29) is 13.2 Å². The lowest BCUT2D eigenvalue weighted by molar-refractivity contribution is -0.240. The minimum Gasteiger partial charge on any atom is -0.394 e. The quantitative estimate of drug-likeness (QED) is 0.0936. The Hall–Kier alpha value is -0.520. The normalized spacial score (nSPS) is 38.0. The maximum absolute atomic E-state index is 11.1. The molecule has 0 bridgehead atoms. The number of nitrogens with two attached hydrogens (primary N) is 2. The van der Waals surface area contributed by atoms with Crippen molar-refractivity contribution in [1.82, 2.24) is 0 Å². The summed E-state index contributed by atoms with van der Waals surface area (Å²) < 4.78 is 41.1. The number of aliphatic hydroxyl groups is 4. The Kier molecular flexibility index (Phi) is 17.1. The third kappa shape index (κ3) is 11.1. The van der Waals surface area contributed by atoms with Gasteiger partial charge in [0.1, 0.15) is 36.6 Å². The van der Waals surface area contributed by atoms with E-state index in [0.717, 1.165) is 38.5 Å². The first kappa shape index (κ1) is 36.9. The topological polar surface area (TPSA) is 198 Å². The van der Waals surface area contributed by atoms with Crippen LogP contribution >= 0.6 is 0 Å². The molecule has 0 amide bonds. The molecule has 8 N–H and O–H groups in total. The summed E-state index contributed by atoms with van der Waals surface area (Å²) in [6.45, 7) is 4.87. The van der Waals surface area contributed by atoms with Crippen molar-refractivity contribution >= 4 is 0 Å². The van der Waals surface area contributed by atoms with Gasteiger partial charge in [-0.2, -0.15) is 0 Å². The maximum Gasteiger partial charge on any atom is 0.188 e. The van der Waals surface area contributed by atoms with Gasteiger partial charge in [0.25, 0.3) is 0 Å². The van der Waals surface area contributed by atoms with Gasteiger partial charge in [0.2, 0.25) is 0 Å². The zero-order valence-corrected chi connectivity index (χ0v) is 26.0. The van der Waals surface area contributed by atoms with Crippen LogP contribution in [0, 0.1) is 0 Å². The van der Waals surface area contributed by atoms with Crippen LogP contribution in [0.15, 0.2) is 0 Å². The fraction of sp³-hybridized carbons (Fsp3) is 1.00. The second kappa shape index (κ2) is 19.9. The largest absolute Gasteiger partial charge is 0.394 e. The van der Waals surface area contributed by atoms with Gasteiger partial charge in [-0.05, 0) is 12.8 Å². The Labute approximate surface area is 256 Å². The van der Waals surface area contributed by atoms with Crippen LogP contribution in [0.4, 0.5) is 0 Å². The average molecular weight is 623 g/mol. The lowest BCUT2D eigenvalue weighted by atomic mass is 10.1. The Morgan fingerprint density at radius 2 is 1.14 bits per heavy atom.